The number of nitrogens with one attached hydrogen (secondary N) is 1. The number of hydrogen-bond donors (Lipinski definition) is 1. The van der Waals surface area contributed by atoms with E-state index in [2.05, 4.69) is 10.1 Å². The number of anilines is 1. The largest absolute Gasteiger partial charge is 0.469 e. The fourth-order valence-corrected chi connectivity index (χ4v) is 2.56. The van der Waals surface area contributed by atoms with Crippen LogP contribution in [-0.4, -0.2) is 44.0 Å². The number of nitriles is 1. The molecule has 0 aliphatic carbocycles. The summed E-state index contributed by atoms with van der Waals surface area (Å²) in [5.41, 5.74) is 0.473. The minimum atomic E-state index is -0.261. The van der Waals surface area contributed by atoms with Crippen molar-refractivity contribution in [3.8, 4) is 6.07 Å². The van der Waals surface area contributed by atoms with Crippen molar-refractivity contribution in [2.75, 3.05) is 32.6 Å². The molecule has 7 heteroatoms. The van der Waals surface area contributed by atoms with E-state index in [0.717, 1.165) is 0 Å². The molecule has 0 aromatic carbocycles. The van der Waals surface area contributed by atoms with Gasteiger partial charge in [0.05, 0.1) is 18.6 Å². The molecule has 0 radical (unpaired) electrons. The first-order valence-corrected chi connectivity index (χ1v) is 7.39. The number of amides is 1. The van der Waals surface area contributed by atoms with Gasteiger partial charge in [-0.05, 0) is 18.5 Å². The topological polar surface area (TPSA) is 82.4 Å². The predicted octanol–water partition coefficient (Wildman–Crippen LogP) is 1.69. The number of carbonyl (C=O) groups excluding carboxylic acids is 2. The summed E-state index contributed by atoms with van der Waals surface area (Å²) < 4.78 is 4.66. The normalized spacial score (nSPS) is 11.8. The highest BCUT2D eigenvalue weighted by Gasteiger charge is 2.16. The highest BCUT2D eigenvalue weighted by molar-refractivity contribution is 7.14. The van der Waals surface area contributed by atoms with Crippen molar-refractivity contribution in [2.24, 2.45) is 5.92 Å². The molecule has 6 nitrogen and oxygen atoms in total. The second-order valence-corrected chi connectivity index (χ2v) is 5.68. The van der Waals surface area contributed by atoms with Crippen molar-refractivity contribution in [2.45, 2.75) is 13.3 Å². The van der Waals surface area contributed by atoms with Crippen LogP contribution in [0.4, 0.5) is 5.00 Å². The predicted molar refractivity (Wildman–Crippen MR) is 81.0 cm³/mol. The Morgan fingerprint density at radius 3 is 2.90 bits per heavy atom. The first kappa shape index (κ1) is 17.1. The molecule has 1 heterocycles. The van der Waals surface area contributed by atoms with Gasteiger partial charge < -0.3 is 15.0 Å². The van der Waals surface area contributed by atoms with Crippen molar-refractivity contribution >= 4 is 28.2 Å². The molecule has 0 saturated carbocycles. The molecule has 0 aliphatic heterocycles. The molecule has 1 atom stereocenters. The van der Waals surface area contributed by atoms with Crippen molar-refractivity contribution in [1.82, 2.24) is 4.90 Å². The summed E-state index contributed by atoms with van der Waals surface area (Å²) in [5.74, 6) is -0.638. The molecule has 1 amide bonds. The number of methoxy groups -OCH3 is 1. The highest BCUT2D eigenvalue weighted by atomic mass is 32.1. The van der Waals surface area contributed by atoms with E-state index in [1.54, 1.807) is 18.4 Å². The van der Waals surface area contributed by atoms with E-state index in [1.165, 1.54) is 18.4 Å². The van der Waals surface area contributed by atoms with Crippen molar-refractivity contribution in [3.63, 3.8) is 0 Å². The Bertz CT molecular complexity index is 536. The average Bonchev–Trinajstić information content (AvgIpc) is 2.91. The monoisotopic (exact) mass is 309 g/mol. The van der Waals surface area contributed by atoms with Crippen molar-refractivity contribution in [1.29, 1.82) is 5.26 Å². The quantitative estimate of drug-likeness (QED) is 0.775. The summed E-state index contributed by atoms with van der Waals surface area (Å²) in [4.78, 5) is 25.0. The standard InChI is InChI=1S/C14H19N3O3S/c1-10(14(19)20-3)9-17(2)6-4-12(18)16-13-11(8-15)5-7-21-13/h5,7,10H,4,6,9H2,1-3H3,(H,16,18). The van der Waals surface area contributed by atoms with Crippen LogP contribution in [0.2, 0.25) is 0 Å². The molecule has 0 aliphatic rings. The number of nitrogens with zero attached hydrogens (tertiary/aromatic N) is 2. The van der Waals surface area contributed by atoms with E-state index in [1.807, 2.05) is 18.0 Å². The Morgan fingerprint density at radius 2 is 2.29 bits per heavy atom. The lowest BCUT2D eigenvalue weighted by atomic mass is 10.1. The van der Waals surface area contributed by atoms with Crippen LogP contribution in [-0.2, 0) is 14.3 Å². The van der Waals surface area contributed by atoms with Gasteiger partial charge in [0.1, 0.15) is 11.1 Å². The van der Waals surface area contributed by atoms with E-state index in [-0.39, 0.29) is 17.8 Å². The van der Waals surface area contributed by atoms with E-state index in [9.17, 15) is 9.59 Å². The lowest BCUT2D eigenvalue weighted by molar-refractivity contribution is -0.145. The van der Waals surface area contributed by atoms with Crippen molar-refractivity contribution in [3.05, 3.63) is 17.0 Å². The molecular weight excluding hydrogens is 290 g/mol. The maximum absolute atomic E-state index is 11.8. The van der Waals surface area contributed by atoms with Crippen LogP contribution in [0.1, 0.15) is 18.9 Å². The van der Waals surface area contributed by atoms with E-state index >= 15 is 0 Å². The molecule has 0 bridgehead atoms. The van der Waals surface area contributed by atoms with E-state index in [4.69, 9.17) is 5.26 Å². The first-order valence-electron chi connectivity index (χ1n) is 6.51. The van der Waals surface area contributed by atoms with E-state index < -0.39 is 0 Å². The molecule has 0 saturated heterocycles. The van der Waals surface area contributed by atoms with Crippen LogP contribution in [0.3, 0.4) is 0 Å². The van der Waals surface area contributed by atoms with Gasteiger partial charge >= 0.3 is 5.97 Å². The van der Waals surface area contributed by atoms with Crippen LogP contribution in [0.15, 0.2) is 11.4 Å². The zero-order chi connectivity index (χ0) is 15.8. The molecule has 1 unspecified atom stereocenters. The van der Waals surface area contributed by atoms with Gasteiger partial charge in [0.25, 0.3) is 0 Å². The number of ether oxygens (including phenoxy) is 1. The average molecular weight is 309 g/mol. The zero-order valence-electron chi connectivity index (χ0n) is 12.4. The summed E-state index contributed by atoms with van der Waals surface area (Å²) in [6.07, 6.45) is 0.299. The Kier molecular flexibility index (Phi) is 6.85. The highest BCUT2D eigenvalue weighted by Crippen LogP contribution is 2.22. The summed E-state index contributed by atoms with van der Waals surface area (Å²) in [7, 11) is 3.21. The van der Waals surface area contributed by atoms with Gasteiger partial charge in [-0.3, -0.25) is 9.59 Å². The van der Waals surface area contributed by atoms with Crippen molar-refractivity contribution < 1.29 is 14.3 Å². The summed E-state index contributed by atoms with van der Waals surface area (Å²) in [5, 5.41) is 13.9. The fraction of sp³-hybridized carbons (Fsp3) is 0.500. The molecular formula is C14H19N3O3S. The van der Waals surface area contributed by atoms with Gasteiger partial charge in [0.15, 0.2) is 0 Å². The summed E-state index contributed by atoms with van der Waals surface area (Å²) in [6.45, 7) is 2.84. The lowest BCUT2D eigenvalue weighted by Gasteiger charge is -2.19. The van der Waals surface area contributed by atoms with Crippen LogP contribution < -0.4 is 5.32 Å². The van der Waals surface area contributed by atoms with Gasteiger partial charge in [0.2, 0.25) is 5.91 Å². The number of thiophene rings is 1. The van der Waals surface area contributed by atoms with Gasteiger partial charge in [-0.1, -0.05) is 6.92 Å². The maximum Gasteiger partial charge on any atom is 0.309 e. The third-order valence-corrected chi connectivity index (χ3v) is 3.78. The molecule has 1 rings (SSSR count). The molecule has 0 fully saturated rings. The second-order valence-electron chi connectivity index (χ2n) is 4.76. The second kappa shape index (κ2) is 8.39. The molecule has 1 N–H and O–H groups in total. The smallest absolute Gasteiger partial charge is 0.309 e. The van der Waals surface area contributed by atoms with Crippen LogP contribution in [0.5, 0.6) is 0 Å². The summed E-state index contributed by atoms with van der Waals surface area (Å²) in [6, 6.07) is 3.70. The van der Waals surface area contributed by atoms with Gasteiger partial charge in [0, 0.05) is 19.5 Å². The lowest BCUT2D eigenvalue weighted by Crippen LogP contribution is -2.31. The Balaban J connectivity index is 2.36. The van der Waals surface area contributed by atoms with Crippen LogP contribution in [0, 0.1) is 17.2 Å². The minimum Gasteiger partial charge on any atom is -0.469 e. The minimum absolute atomic E-state index is 0.147. The summed E-state index contributed by atoms with van der Waals surface area (Å²) >= 11 is 1.33. The fourth-order valence-electron chi connectivity index (χ4n) is 1.81. The Labute approximate surface area is 128 Å². The molecule has 1 aromatic heterocycles. The van der Waals surface area contributed by atoms with Crippen LogP contribution >= 0.6 is 11.3 Å². The number of rotatable bonds is 7. The SMILES string of the molecule is COC(=O)C(C)CN(C)CCC(=O)Nc1sccc1C#N. The third kappa shape index (κ3) is 5.53. The number of carbonyl (C=O) groups is 2. The molecule has 114 valence electrons. The maximum atomic E-state index is 11.8. The first-order chi connectivity index (χ1) is 9.97. The zero-order valence-corrected chi connectivity index (χ0v) is 13.2. The van der Waals surface area contributed by atoms with Crippen LogP contribution in [0.25, 0.3) is 0 Å². The number of hydrogen-bond acceptors (Lipinski definition) is 6. The third-order valence-electron chi connectivity index (χ3n) is 2.95. The molecule has 0 spiro atoms. The van der Waals surface area contributed by atoms with Gasteiger partial charge in [-0.25, -0.2) is 0 Å². The number of esters is 1. The van der Waals surface area contributed by atoms with Gasteiger partial charge in [-0.15, -0.1) is 11.3 Å². The molecule has 1 aromatic rings. The van der Waals surface area contributed by atoms with Gasteiger partial charge in [-0.2, -0.15) is 5.26 Å². The molecule has 21 heavy (non-hydrogen) atoms. The Morgan fingerprint density at radius 1 is 1.57 bits per heavy atom. The Hall–Kier alpha value is -1.91. The van der Waals surface area contributed by atoms with E-state index in [0.29, 0.717) is 30.1 Å².